The number of anilines is 1. The molecule has 4 rings (SSSR count). The molecule has 2 amide bonds. The summed E-state index contributed by atoms with van der Waals surface area (Å²) >= 11 is 0. The average molecular weight is 499 g/mol. The number of alkyl halides is 3. The number of aliphatic hydroxyl groups excluding tert-OH is 1. The third-order valence-electron chi connectivity index (χ3n) is 5.99. The fraction of sp³-hybridized carbons (Fsp3) is 0.500. The first-order chi connectivity index (χ1) is 16.6. The Hall–Kier alpha value is -3.35. The van der Waals surface area contributed by atoms with Gasteiger partial charge in [0.1, 0.15) is 11.6 Å². The summed E-state index contributed by atoms with van der Waals surface area (Å²) in [4.78, 5) is 35.2. The van der Waals surface area contributed by atoms with Gasteiger partial charge in [-0.05, 0) is 25.3 Å². The van der Waals surface area contributed by atoms with Crippen LogP contribution in [0.4, 0.5) is 28.3 Å². The first kappa shape index (κ1) is 24.8. The third-order valence-corrected chi connectivity index (χ3v) is 5.99. The number of nitrogens with one attached hydrogen (secondary N) is 2. The fourth-order valence-electron chi connectivity index (χ4n) is 4.31. The van der Waals surface area contributed by atoms with Crippen LogP contribution in [0.25, 0.3) is 0 Å². The van der Waals surface area contributed by atoms with Crippen molar-refractivity contribution in [3.05, 3.63) is 52.2 Å². The summed E-state index contributed by atoms with van der Waals surface area (Å²) in [5.41, 5.74) is -0.309. The Labute approximate surface area is 197 Å². The highest BCUT2D eigenvalue weighted by Crippen LogP contribution is 2.33. The summed E-state index contributed by atoms with van der Waals surface area (Å²) in [5.74, 6) is -1.44. The number of hydrogen-bond donors (Lipinski definition) is 3. The Morgan fingerprint density at radius 1 is 1.26 bits per heavy atom. The molecule has 2 atom stereocenters. The molecule has 1 aromatic carbocycles. The summed E-state index contributed by atoms with van der Waals surface area (Å²) in [7, 11) is 0. The first-order valence-electron chi connectivity index (χ1n) is 11.1. The van der Waals surface area contributed by atoms with Crippen LogP contribution in [0.3, 0.4) is 0 Å². The van der Waals surface area contributed by atoms with E-state index in [9.17, 15) is 32.3 Å². The van der Waals surface area contributed by atoms with E-state index in [1.165, 1.54) is 12.3 Å². The van der Waals surface area contributed by atoms with Crippen molar-refractivity contribution in [2.24, 2.45) is 5.92 Å². The van der Waals surface area contributed by atoms with Gasteiger partial charge < -0.3 is 25.0 Å². The number of nitrogens with zero attached hydrogens (tertiary/aromatic N) is 3. The van der Waals surface area contributed by atoms with Crippen LogP contribution >= 0.6 is 0 Å². The number of benzene rings is 1. The first-order valence-corrected chi connectivity index (χ1v) is 11.1. The molecular weight excluding hydrogens is 474 g/mol. The van der Waals surface area contributed by atoms with Gasteiger partial charge >= 0.3 is 12.4 Å². The zero-order valence-electron chi connectivity index (χ0n) is 18.6. The minimum atomic E-state index is -4.93. The Kier molecular flexibility index (Phi) is 7.15. The molecule has 35 heavy (non-hydrogen) atoms. The molecule has 1 aromatic heterocycles. The normalized spacial score (nSPS) is 20.4. The van der Waals surface area contributed by atoms with Gasteiger partial charge in [-0.1, -0.05) is 6.07 Å². The molecule has 0 radical (unpaired) electrons. The average Bonchev–Trinajstić information content (AvgIpc) is 3.62. The van der Waals surface area contributed by atoms with Crippen molar-refractivity contribution in [3.8, 4) is 5.75 Å². The quantitative estimate of drug-likeness (QED) is 0.505. The summed E-state index contributed by atoms with van der Waals surface area (Å²) in [6.07, 6.45) is -1.42. The van der Waals surface area contributed by atoms with E-state index < -0.39 is 24.0 Å². The number of H-pyrrole nitrogens is 1. The fourth-order valence-corrected chi connectivity index (χ4v) is 4.31. The predicted molar refractivity (Wildman–Crippen MR) is 116 cm³/mol. The summed E-state index contributed by atoms with van der Waals surface area (Å²) in [5, 5.41) is 12.5. The van der Waals surface area contributed by atoms with Crippen LogP contribution in [0.1, 0.15) is 24.8 Å². The van der Waals surface area contributed by atoms with E-state index >= 15 is 0 Å². The van der Waals surface area contributed by atoms with Crippen LogP contribution in [-0.2, 0) is 6.54 Å². The van der Waals surface area contributed by atoms with Crippen LogP contribution < -0.4 is 20.5 Å². The number of aromatic amines is 1. The smallest absolute Gasteiger partial charge is 0.406 e. The molecule has 0 bridgehead atoms. The van der Waals surface area contributed by atoms with Crippen molar-refractivity contribution in [1.29, 1.82) is 0 Å². The number of carbonyl (C=O) groups is 1. The molecule has 2 unspecified atom stereocenters. The van der Waals surface area contributed by atoms with E-state index in [-0.39, 0.29) is 42.3 Å². The molecule has 1 aliphatic heterocycles. The highest BCUT2D eigenvalue weighted by Gasteiger charge is 2.41. The van der Waals surface area contributed by atoms with E-state index in [0.717, 1.165) is 25.0 Å². The number of carbonyl (C=O) groups excluding carboxylic acids is 1. The van der Waals surface area contributed by atoms with Crippen molar-refractivity contribution >= 4 is 12.0 Å². The Morgan fingerprint density at radius 3 is 2.66 bits per heavy atom. The second kappa shape index (κ2) is 10.1. The number of rotatable bonds is 7. The van der Waals surface area contributed by atoms with Crippen molar-refractivity contribution < 1.29 is 32.2 Å². The minimum Gasteiger partial charge on any atom is -0.406 e. The lowest BCUT2D eigenvalue weighted by Crippen LogP contribution is -2.56. The zero-order valence-corrected chi connectivity index (χ0v) is 18.6. The van der Waals surface area contributed by atoms with Gasteiger partial charge in [0.05, 0.1) is 6.04 Å². The molecule has 190 valence electrons. The molecule has 2 fully saturated rings. The Balaban J connectivity index is 1.45. The van der Waals surface area contributed by atoms with Gasteiger partial charge in [0.25, 0.3) is 5.56 Å². The minimum absolute atomic E-state index is 0.00758. The molecule has 2 aromatic rings. The number of piperidine rings is 1. The van der Waals surface area contributed by atoms with Gasteiger partial charge in [0, 0.05) is 62.1 Å². The number of ether oxygens (including phenoxy) is 1. The highest BCUT2D eigenvalue weighted by atomic mass is 19.4. The second-order valence-electron chi connectivity index (χ2n) is 8.70. The molecule has 9 nitrogen and oxygen atoms in total. The van der Waals surface area contributed by atoms with Gasteiger partial charge in [0.15, 0.2) is 0 Å². The molecule has 0 spiro atoms. The van der Waals surface area contributed by atoms with Crippen molar-refractivity contribution in [1.82, 2.24) is 20.2 Å². The van der Waals surface area contributed by atoms with Crippen LogP contribution in [0.2, 0.25) is 0 Å². The Morgan fingerprint density at radius 2 is 2.03 bits per heavy atom. The maximum atomic E-state index is 14.3. The molecule has 2 heterocycles. The standard InChI is InChI=1S/C22H25F4N5O4/c23-18-8-17(35-22(24,25)26)4-1-14(18)9-28-21(34)31(15-2-3-15)16-7-13(12-32)10-30(11-16)20-27-6-5-19(33)29-20/h1,4-6,8,13,15-16,32H,2-3,7,9-12H2,(H,28,34)(H,27,29,33). The monoisotopic (exact) mass is 499 g/mol. The van der Waals surface area contributed by atoms with Crippen LogP contribution in [0.15, 0.2) is 35.3 Å². The maximum Gasteiger partial charge on any atom is 0.573 e. The number of aliphatic hydroxyl groups is 1. The number of urea groups is 1. The van der Waals surface area contributed by atoms with Gasteiger partial charge in [-0.15, -0.1) is 13.2 Å². The highest BCUT2D eigenvalue weighted by molar-refractivity contribution is 5.75. The van der Waals surface area contributed by atoms with Crippen molar-refractivity contribution in [2.45, 2.75) is 44.3 Å². The van der Waals surface area contributed by atoms with E-state index in [4.69, 9.17) is 0 Å². The molecule has 1 saturated heterocycles. The number of amides is 2. The lowest BCUT2D eigenvalue weighted by atomic mass is 9.94. The number of halogens is 4. The Bertz CT molecular complexity index is 1110. The molecule has 2 aliphatic rings. The topological polar surface area (TPSA) is 111 Å². The number of hydrogen-bond acceptors (Lipinski definition) is 6. The molecule has 1 aliphatic carbocycles. The van der Waals surface area contributed by atoms with Crippen molar-refractivity contribution in [2.75, 3.05) is 24.6 Å². The van der Waals surface area contributed by atoms with Crippen LogP contribution in [-0.4, -0.2) is 64.1 Å². The summed E-state index contributed by atoms with van der Waals surface area (Å²) in [6.45, 7) is 0.498. The van der Waals surface area contributed by atoms with Gasteiger partial charge in [-0.25, -0.2) is 14.2 Å². The lowest BCUT2D eigenvalue weighted by Gasteiger charge is -2.42. The van der Waals surface area contributed by atoms with Crippen LogP contribution in [0, 0.1) is 11.7 Å². The van der Waals surface area contributed by atoms with Gasteiger partial charge in [-0.2, -0.15) is 0 Å². The lowest BCUT2D eigenvalue weighted by molar-refractivity contribution is -0.274. The van der Waals surface area contributed by atoms with E-state index in [0.29, 0.717) is 31.5 Å². The predicted octanol–water partition coefficient (Wildman–Crippen LogP) is 2.37. The largest absolute Gasteiger partial charge is 0.573 e. The second-order valence-corrected chi connectivity index (χ2v) is 8.70. The van der Waals surface area contributed by atoms with Gasteiger partial charge in [0.2, 0.25) is 5.95 Å². The summed E-state index contributed by atoms with van der Waals surface area (Å²) in [6, 6.07) is 3.25. The van der Waals surface area contributed by atoms with E-state index in [1.54, 1.807) is 4.90 Å². The third kappa shape index (κ3) is 6.41. The van der Waals surface area contributed by atoms with E-state index in [2.05, 4.69) is 20.0 Å². The zero-order chi connectivity index (χ0) is 25.2. The maximum absolute atomic E-state index is 14.3. The SMILES string of the molecule is O=C(NCc1ccc(OC(F)(F)F)cc1F)N(C1CC1)C1CC(CO)CN(c2nccc(=O)[nH]2)C1. The van der Waals surface area contributed by atoms with Crippen LogP contribution in [0.5, 0.6) is 5.75 Å². The van der Waals surface area contributed by atoms with Crippen molar-refractivity contribution in [3.63, 3.8) is 0 Å². The number of aromatic nitrogens is 2. The molecule has 13 heteroatoms. The molecule has 3 N–H and O–H groups in total. The summed E-state index contributed by atoms with van der Waals surface area (Å²) < 4.78 is 55.0. The molecule has 1 saturated carbocycles. The molecular formula is C22H25F4N5O4. The van der Waals surface area contributed by atoms with Gasteiger partial charge in [-0.3, -0.25) is 9.78 Å². The van der Waals surface area contributed by atoms with E-state index in [1.807, 2.05) is 4.90 Å².